The monoisotopic (exact) mass is 225 g/mol. The average Bonchev–Trinajstić information content (AvgIpc) is 2.70. The number of hydrogen-bond donors (Lipinski definition) is 1. The first kappa shape index (κ1) is 11.2. The zero-order valence-corrected chi connectivity index (χ0v) is 8.40. The zero-order valence-electron chi connectivity index (χ0n) is 7.58. The minimum absolute atomic E-state index is 0.0620. The Morgan fingerprint density at radius 3 is 2.40 bits per heavy atom. The van der Waals surface area contributed by atoms with Crippen molar-refractivity contribution in [1.29, 1.82) is 10.5 Å². The number of sulfonamides is 1. The molecule has 0 saturated carbocycles. The predicted molar refractivity (Wildman–Crippen MR) is 48.6 cm³/mol. The van der Waals surface area contributed by atoms with E-state index in [2.05, 4.69) is 10.2 Å². The number of nitrogens with zero attached hydrogens (tertiary/aromatic N) is 4. The first-order valence-electron chi connectivity index (χ1n) is 3.85. The number of H-pyrrole nitrogens is 1. The average molecular weight is 225 g/mol. The lowest BCUT2D eigenvalue weighted by molar-refractivity contribution is 0.479. The molecule has 0 radical (unpaired) electrons. The molecule has 0 fully saturated rings. The van der Waals surface area contributed by atoms with Gasteiger partial charge in [0.1, 0.15) is 18.0 Å². The molecule has 7 nitrogen and oxygen atoms in total. The first-order valence-corrected chi connectivity index (χ1v) is 5.29. The van der Waals surface area contributed by atoms with E-state index in [1.807, 2.05) is 0 Å². The maximum atomic E-state index is 11.7. The van der Waals surface area contributed by atoms with Gasteiger partial charge in [0.05, 0.1) is 18.3 Å². The van der Waals surface area contributed by atoms with Crippen molar-refractivity contribution in [3.8, 4) is 12.1 Å². The third kappa shape index (κ3) is 2.31. The molecule has 1 aromatic heterocycles. The van der Waals surface area contributed by atoms with Crippen LogP contribution in [0.1, 0.15) is 0 Å². The highest BCUT2D eigenvalue weighted by Gasteiger charge is 2.24. The van der Waals surface area contributed by atoms with Gasteiger partial charge in [-0.2, -0.15) is 19.9 Å². The van der Waals surface area contributed by atoms with Crippen LogP contribution < -0.4 is 0 Å². The Hall–Kier alpha value is -1.90. The third-order valence-corrected chi connectivity index (χ3v) is 3.36. The minimum atomic E-state index is -3.79. The molecule has 0 saturated heterocycles. The van der Waals surface area contributed by atoms with Crippen molar-refractivity contribution in [3.05, 3.63) is 12.4 Å². The van der Waals surface area contributed by atoms with Gasteiger partial charge in [-0.15, -0.1) is 0 Å². The van der Waals surface area contributed by atoms with Crippen LogP contribution in [0.3, 0.4) is 0 Å². The van der Waals surface area contributed by atoms with Crippen molar-refractivity contribution in [1.82, 2.24) is 14.5 Å². The molecule has 1 rings (SSSR count). The van der Waals surface area contributed by atoms with Gasteiger partial charge in [0, 0.05) is 6.20 Å². The molecule has 0 atom stereocenters. The van der Waals surface area contributed by atoms with Crippen LogP contribution in [-0.2, 0) is 10.0 Å². The molecule has 0 aliphatic heterocycles. The van der Waals surface area contributed by atoms with E-state index in [0.29, 0.717) is 0 Å². The number of nitrogens with one attached hydrogen (secondary N) is 1. The topological polar surface area (TPSA) is 114 Å². The van der Waals surface area contributed by atoms with E-state index in [1.165, 1.54) is 6.20 Å². The molecule has 0 spiro atoms. The fourth-order valence-electron chi connectivity index (χ4n) is 0.913. The molecular formula is C7H7N5O2S. The van der Waals surface area contributed by atoms with Gasteiger partial charge in [-0.05, 0) is 0 Å². The fourth-order valence-corrected chi connectivity index (χ4v) is 2.05. The second-order valence-electron chi connectivity index (χ2n) is 2.52. The van der Waals surface area contributed by atoms with Crippen LogP contribution in [0.15, 0.2) is 17.3 Å². The van der Waals surface area contributed by atoms with Crippen molar-refractivity contribution in [2.75, 3.05) is 13.1 Å². The maximum absolute atomic E-state index is 11.7. The van der Waals surface area contributed by atoms with E-state index in [-0.39, 0.29) is 18.0 Å². The Kier molecular flexibility index (Phi) is 3.39. The summed E-state index contributed by atoms with van der Waals surface area (Å²) in [6, 6.07) is 3.37. The van der Waals surface area contributed by atoms with E-state index in [4.69, 9.17) is 10.5 Å². The van der Waals surface area contributed by atoms with Crippen molar-refractivity contribution in [2.45, 2.75) is 4.90 Å². The molecule has 0 aliphatic rings. The van der Waals surface area contributed by atoms with Crippen LogP contribution in [-0.4, -0.2) is 36.0 Å². The SMILES string of the molecule is N#CCN(CC#N)S(=O)(=O)c1cn[nH]c1. The quantitative estimate of drug-likeness (QED) is 0.690. The van der Waals surface area contributed by atoms with E-state index >= 15 is 0 Å². The van der Waals surface area contributed by atoms with Crippen LogP contribution >= 0.6 is 0 Å². The number of hydrogen-bond acceptors (Lipinski definition) is 5. The van der Waals surface area contributed by atoms with Crippen LogP contribution in [0.2, 0.25) is 0 Å². The standard InChI is InChI=1S/C7H7N5O2S/c8-1-3-12(4-2-9)15(13,14)7-5-10-11-6-7/h5-6H,3-4H2,(H,10,11). The molecule has 0 amide bonds. The van der Waals surface area contributed by atoms with Gasteiger partial charge in [-0.3, -0.25) is 5.10 Å². The summed E-state index contributed by atoms with van der Waals surface area (Å²) in [5.41, 5.74) is 0. The lowest BCUT2D eigenvalue weighted by Gasteiger charge is -2.13. The Balaban J connectivity index is 3.04. The highest BCUT2D eigenvalue weighted by atomic mass is 32.2. The van der Waals surface area contributed by atoms with Crippen molar-refractivity contribution in [2.24, 2.45) is 0 Å². The molecule has 1 heterocycles. The molecule has 0 aliphatic carbocycles. The van der Waals surface area contributed by atoms with Gasteiger partial charge in [0.25, 0.3) is 0 Å². The minimum Gasteiger partial charge on any atom is -0.284 e. The van der Waals surface area contributed by atoms with Gasteiger partial charge in [-0.1, -0.05) is 0 Å². The number of rotatable bonds is 4. The molecule has 78 valence electrons. The Morgan fingerprint density at radius 1 is 1.40 bits per heavy atom. The second-order valence-corrected chi connectivity index (χ2v) is 4.46. The van der Waals surface area contributed by atoms with Crippen LogP contribution in [0.5, 0.6) is 0 Å². The molecule has 0 unspecified atom stereocenters. The van der Waals surface area contributed by atoms with Crippen molar-refractivity contribution in [3.63, 3.8) is 0 Å². The lowest BCUT2D eigenvalue weighted by Crippen LogP contribution is -2.31. The Labute approximate surface area is 86.6 Å². The van der Waals surface area contributed by atoms with Crippen molar-refractivity contribution < 1.29 is 8.42 Å². The van der Waals surface area contributed by atoms with Crippen molar-refractivity contribution >= 4 is 10.0 Å². The molecule has 8 heteroatoms. The first-order chi connectivity index (χ1) is 7.12. The Morgan fingerprint density at radius 2 is 2.00 bits per heavy atom. The summed E-state index contributed by atoms with van der Waals surface area (Å²) in [5.74, 6) is 0. The lowest BCUT2D eigenvalue weighted by atomic mass is 10.6. The summed E-state index contributed by atoms with van der Waals surface area (Å²) in [6.07, 6.45) is 2.31. The summed E-state index contributed by atoms with van der Waals surface area (Å²) in [5, 5.41) is 22.7. The highest BCUT2D eigenvalue weighted by Crippen LogP contribution is 2.12. The highest BCUT2D eigenvalue weighted by molar-refractivity contribution is 7.89. The molecule has 1 aromatic rings. The van der Waals surface area contributed by atoms with Gasteiger partial charge < -0.3 is 0 Å². The van der Waals surface area contributed by atoms with Gasteiger partial charge in [-0.25, -0.2) is 8.42 Å². The summed E-state index contributed by atoms with van der Waals surface area (Å²) in [7, 11) is -3.79. The van der Waals surface area contributed by atoms with E-state index in [1.54, 1.807) is 12.1 Å². The molecule has 1 N–H and O–H groups in total. The molecule has 0 bridgehead atoms. The van der Waals surface area contributed by atoms with Crippen LogP contribution in [0, 0.1) is 22.7 Å². The summed E-state index contributed by atoms with van der Waals surface area (Å²) >= 11 is 0. The maximum Gasteiger partial charge on any atom is 0.248 e. The van der Waals surface area contributed by atoms with E-state index in [0.717, 1.165) is 10.5 Å². The second kappa shape index (κ2) is 4.55. The van der Waals surface area contributed by atoms with Gasteiger partial charge in [0.2, 0.25) is 10.0 Å². The summed E-state index contributed by atoms with van der Waals surface area (Å²) in [6.45, 7) is -0.720. The molecule has 0 aromatic carbocycles. The number of aromatic amines is 1. The van der Waals surface area contributed by atoms with Gasteiger partial charge in [0.15, 0.2) is 0 Å². The largest absolute Gasteiger partial charge is 0.284 e. The smallest absolute Gasteiger partial charge is 0.248 e. The third-order valence-electron chi connectivity index (χ3n) is 1.61. The Bertz CT molecular complexity index is 476. The van der Waals surface area contributed by atoms with Crippen LogP contribution in [0.4, 0.5) is 0 Å². The summed E-state index contributed by atoms with van der Waals surface area (Å²) < 4.78 is 24.2. The zero-order chi connectivity index (χ0) is 11.3. The van der Waals surface area contributed by atoms with E-state index in [9.17, 15) is 8.42 Å². The number of nitriles is 2. The molecule has 15 heavy (non-hydrogen) atoms. The van der Waals surface area contributed by atoms with Crippen LogP contribution in [0.25, 0.3) is 0 Å². The van der Waals surface area contributed by atoms with Gasteiger partial charge >= 0.3 is 0 Å². The molecular weight excluding hydrogens is 218 g/mol. The van der Waals surface area contributed by atoms with E-state index < -0.39 is 10.0 Å². The normalized spacial score (nSPS) is 10.9. The summed E-state index contributed by atoms with van der Waals surface area (Å²) in [4.78, 5) is -0.0620. The number of aromatic nitrogens is 2. The fraction of sp³-hybridized carbons (Fsp3) is 0.286. The predicted octanol–water partition coefficient (Wildman–Crippen LogP) is -0.552.